The minimum absolute atomic E-state index is 0.00609. The molecule has 0 saturated carbocycles. The summed E-state index contributed by atoms with van der Waals surface area (Å²) in [6, 6.07) is 6.81. The molecular formula is C23H39FN4O3. The quantitative estimate of drug-likeness (QED) is 0.264. The zero-order valence-electron chi connectivity index (χ0n) is 19.1. The minimum Gasteiger partial charge on any atom is -0.379 e. The van der Waals surface area contributed by atoms with Crippen molar-refractivity contribution >= 4 is 5.96 Å². The molecule has 1 saturated heterocycles. The van der Waals surface area contributed by atoms with Gasteiger partial charge in [-0.3, -0.25) is 9.89 Å². The van der Waals surface area contributed by atoms with Gasteiger partial charge in [0.25, 0.3) is 0 Å². The molecule has 0 amide bonds. The third-order valence-electron chi connectivity index (χ3n) is 5.04. The first-order valence-electron chi connectivity index (χ1n) is 11.5. The Bertz CT molecular complexity index is 627. The molecule has 1 aromatic rings. The summed E-state index contributed by atoms with van der Waals surface area (Å²) in [6.07, 6.45) is 2.23. The molecule has 2 rings (SSSR count). The smallest absolute Gasteiger partial charge is 0.191 e. The Morgan fingerprint density at radius 3 is 2.61 bits per heavy atom. The summed E-state index contributed by atoms with van der Waals surface area (Å²) >= 11 is 0. The fraction of sp³-hybridized carbons (Fsp3) is 0.696. The van der Waals surface area contributed by atoms with Gasteiger partial charge in [-0.2, -0.15) is 0 Å². The standard InChI is InChI=1S/C23H39FN4O3/c1-3-5-12-29-16-17-30-13-9-26-23(25-4-2)27-19-22(28-10-14-31-15-11-28)20-7-6-8-21(24)18-20/h6-8,18,22H,3-5,9-17,19H2,1-2H3,(H2,25,26,27). The largest absolute Gasteiger partial charge is 0.379 e. The van der Waals surface area contributed by atoms with Gasteiger partial charge >= 0.3 is 0 Å². The van der Waals surface area contributed by atoms with Gasteiger partial charge in [-0.05, 0) is 31.0 Å². The van der Waals surface area contributed by atoms with E-state index in [4.69, 9.17) is 19.2 Å². The van der Waals surface area contributed by atoms with Crippen LogP contribution in [0.3, 0.4) is 0 Å². The van der Waals surface area contributed by atoms with Crippen molar-refractivity contribution in [3.63, 3.8) is 0 Å². The molecule has 1 unspecified atom stereocenters. The summed E-state index contributed by atoms with van der Waals surface area (Å²) in [5.41, 5.74) is 0.938. The third kappa shape index (κ3) is 10.4. The second-order valence-electron chi connectivity index (χ2n) is 7.44. The predicted octanol–water partition coefficient (Wildman–Crippen LogP) is 2.59. The Morgan fingerprint density at radius 2 is 1.90 bits per heavy atom. The molecule has 7 nitrogen and oxygen atoms in total. The van der Waals surface area contributed by atoms with Crippen LogP contribution in [0.5, 0.6) is 0 Å². The fourth-order valence-corrected chi connectivity index (χ4v) is 3.36. The van der Waals surface area contributed by atoms with Crippen LogP contribution in [0, 0.1) is 5.82 Å². The van der Waals surface area contributed by atoms with Gasteiger partial charge in [0.15, 0.2) is 5.96 Å². The molecule has 8 heteroatoms. The van der Waals surface area contributed by atoms with Crippen LogP contribution in [0.4, 0.5) is 4.39 Å². The Hall–Kier alpha value is -1.74. The van der Waals surface area contributed by atoms with Gasteiger partial charge in [0, 0.05) is 32.8 Å². The molecule has 0 aliphatic carbocycles. The third-order valence-corrected chi connectivity index (χ3v) is 5.04. The second kappa shape index (κ2) is 16.0. The van der Waals surface area contributed by atoms with Crippen molar-refractivity contribution in [3.05, 3.63) is 35.6 Å². The SMILES string of the molecule is CCCCOCCOCCNC(=NCC(c1cccc(F)c1)N1CCOCC1)NCC. The van der Waals surface area contributed by atoms with Crippen LogP contribution < -0.4 is 10.6 Å². The van der Waals surface area contributed by atoms with E-state index in [0.717, 1.165) is 50.6 Å². The van der Waals surface area contributed by atoms with Gasteiger partial charge in [-0.25, -0.2) is 4.39 Å². The monoisotopic (exact) mass is 438 g/mol. The maximum atomic E-state index is 13.8. The lowest BCUT2D eigenvalue weighted by molar-refractivity contribution is 0.0179. The number of rotatable bonds is 14. The molecule has 1 heterocycles. The Labute approximate surface area is 186 Å². The molecule has 176 valence electrons. The number of morpholine rings is 1. The number of hydrogen-bond donors (Lipinski definition) is 2. The highest BCUT2D eigenvalue weighted by molar-refractivity contribution is 5.79. The number of nitrogens with one attached hydrogen (secondary N) is 2. The van der Waals surface area contributed by atoms with Crippen LogP contribution >= 0.6 is 0 Å². The van der Waals surface area contributed by atoms with Crippen molar-refractivity contribution in [2.24, 2.45) is 4.99 Å². The van der Waals surface area contributed by atoms with E-state index in [1.54, 1.807) is 12.1 Å². The average Bonchev–Trinajstić information content (AvgIpc) is 2.79. The van der Waals surface area contributed by atoms with Crippen LogP contribution in [0.1, 0.15) is 38.3 Å². The van der Waals surface area contributed by atoms with E-state index in [0.29, 0.717) is 46.1 Å². The highest BCUT2D eigenvalue weighted by Crippen LogP contribution is 2.23. The number of aliphatic imine (C=N–C) groups is 1. The first-order chi connectivity index (χ1) is 15.2. The van der Waals surface area contributed by atoms with Crippen LogP contribution in [0.25, 0.3) is 0 Å². The summed E-state index contributed by atoms with van der Waals surface area (Å²) in [5.74, 6) is 0.514. The predicted molar refractivity (Wildman–Crippen MR) is 122 cm³/mol. The van der Waals surface area contributed by atoms with Crippen molar-refractivity contribution in [1.29, 1.82) is 0 Å². The fourth-order valence-electron chi connectivity index (χ4n) is 3.36. The highest BCUT2D eigenvalue weighted by atomic mass is 19.1. The molecule has 0 bridgehead atoms. The van der Waals surface area contributed by atoms with Crippen LogP contribution in [0.2, 0.25) is 0 Å². The van der Waals surface area contributed by atoms with E-state index in [9.17, 15) is 4.39 Å². The van der Waals surface area contributed by atoms with Gasteiger partial charge < -0.3 is 24.8 Å². The Balaban J connectivity index is 1.84. The maximum absolute atomic E-state index is 13.8. The summed E-state index contributed by atoms with van der Waals surface area (Å²) in [4.78, 5) is 7.08. The molecule has 31 heavy (non-hydrogen) atoms. The van der Waals surface area contributed by atoms with Crippen LogP contribution in [-0.2, 0) is 14.2 Å². The number of halogens is 1. The Kier molecular flexibility index (Phi) is 13.1. The molecule has 1 aromatic carbocycles. The van der Waals surface area contributed by atoms with Gasteiger partial charge in [-0.15, -0.1) is 0 Å². The summed E-state index contributed by atoms with van der Waals surface area (Å²) in [5, 5.41) is 6.58. The average molecular weight is 439 g/mol. The van der Waals surface area contributed by atoms with E-state index in [1.165, 1.54) is 6.07 Å². The molecule has 0 radical (unpaired) electrons. The maximum Gasteiger partial charge on any atom is 0.191 e. The lowest BCUT2D eigenvalue weighted by atomic mass is 10.0. The van der Waals surface area contributed by atoms with Crippen LogP contribution in [-0.4, -0.2) is 83.2 Å². The zero-order chi connectivity index (χ0) is 22.2. The van der Waals surface area contributed by atoms with Crippen LogP contribution in [0.15, 0.2) is 29.3 Å². The normalized spacial score (nSPS) is 16.3. The van der Waals surface area contributed by atoms with Gasteiger partial charge in [0.1, 0.15) is 5.82 Å². The molecule has 1 atom stereocenters. The van der Waals surface area contributed by atoms with Crippen molar-refractivity contribution in [3.8, 4) is 0 Å². The van der Waals surface area contributed by atoms with E-state index < -0.39 is 0 Å². The first kappa shape index (κ1) is 25.5. The number of benzene rings is 1. The highest BCUT2D eigenvalue weighted by Gasteiger charge is 2.23. The molecule has 1 fully saturated rings. The summed E-state index contributed by atoms with van der Waals surface area (Å²) in [7, 11) is 0. The minimum atomic E-state index is -0.222. The van der Waals surface area contributed by atoms with E-state index in [2.05, 4.69) is 22.5 Å². The zero-order valence-corrected chi connectivity index (χ0v) is 19.1. The molecule has 1 aliphatic heterocycles. The van der Waals surface area contributed by atoms with E-state index in [-0.39, 0.29) is 11.9 Å². The summed E-state index contributed by atoms with van der Waals surface area (Å²) < 4.78 is 30.4. The van der Waals surface area contributed by atoms with Crippen molar-refractivity contribution in [2.45, 2.75) is 32.7 Å². The van der Waals surface area contributed by atoms with Crippen molar-refractivity contribution in [1.82, 2.24) is 15.5 Å². The number of hydrogen-bond acceptors (Lipinski definition) is 5. The molecule has 0 spiro atoms. The first-order valence-corrected chi connectivity index (χ1v) is 11.5. The number of guanidine groups is 1. The van der Waals surface area contributed by atoms with Crippen molar-refractivity contribution < 1.29 is 18.6 Å². The molecule has 2 N–H and O–H groups in total. The molecule has 1 aliphatic rings. The number of unbranched alkanes of at least 4 members (excludes halogenated alkanes) is 1. The topological polar surface area (TPSA) is 67.4 Å². The number of nitrogens with zero attached hydrogens (tertiary/aromatic N) is 2. The van der Waals surface area contributed by atoms with E-state index in [1.807, 2.05) is 13.0 Å². The molecule has 0 aromatic heterocycles. The van der Waals surface area contributed by atoms with E-state index >= 15 is 0 Å². The van der Waals surface area contributed by atoms with Gasteiger partial charge in [-0.1, -0.05) is 25.5 Å². The molecular weight excluding hydrogens is 399 g/mol. The lowest BCUT2D eigenvalue weighted by Crippen LogP contribution is -2.42. The number of ether oxygens (including phenoxy) is 3. The Morgan fingerprint density at radius 1 is 1.13 bits per heavy atom. The summed E-state index contributed by atoms with van der Waals surface area (Å²) in [6.45, 7) is 11.7. The van der Waals surface area contributed by atoms with Gasteiger partial charge in [0.2, 0.25) is 0 Å². The van der Waals surface area contributed by atoms with Gasteiger partial charge in [0.05, 0.1) is 45.6 Å². The van der Waals surface area contributed by atoms with Crippen molar-refractivity contribution in [2.75, 3.05) is 72.4 Å². The second-order valence-corrected chi connectivity index (χ2v) is 7.44. The lowest BCUT2D eigenvalue weighted by Gasteiger charge is -2.34.